The fraction of sp³-hybridized carbons (Fsp3) is 0.588. The number of unbranched alkanes of at least 4 members (excludes halogenated alkanes) is 1. The molecule has 2 rings (SSSR count). The minimum absolute atomic E-state index is 0.560. The molecule has 0 saturated heterocycles. The van der Waals surface area contributed by atoms with E-state index in [1.807, 2.05) is 0 Å². The molecule has 20 heavy (non-hydrogen) atoms. The third-order valence-electron chi connectivity index (χ3n) is 3.78. The molecule has 1 aromatic carbocycles. The van der Waals surface area contributed by atoms with Crippen molar-refractivity contribution in [3.05, 3.63) is 30.1 Å². The number of hydrogen-bond donors (Lipinski definition) is 1. The van der Waals surface area contributed by atoms with Gasteiger partial charge in [0.25, 0.3) is 0 Å². The highest BCUT2D eigenvalue weighted by molar-refractivity contribution is 5.75. The first-order chi connectivity index (χ1) is 9.76. The highest BCUT2D eigenvalue weighted by Crippen LogP contribution is 2.16. The van der Waals surface area contributed by atoms with E-state index in [-0.39, 0.29) is 0 Å². The lowest BCUT2D eigenvalue weighted by molar-refractivity contribution is 0.478. The van der Waals surface area contributed by atoms with Crippen molar-refractivity contribution in [2.75, 3.05) is 0 Å². The minimum atomic E-state index is 0.560. The third kappa shape index (κ3) is 3.60. The second-order valence-electron chi connectivity index (χ2n) is 5.59. The van der Waals surface area contributed by atoms with Crippen molar-refractivity contribution in [3.8, 4) is 0 Å². The summed E-state index contributed by atoms with van der Waals surface area (Å²) in [4.78, 5) is 4.78. The zero-order valence-electron chi connectivity index (χ0n) is 13.0. The fourth-order valence-corrected chi connectivity index (χ4v) is 2.61. The van der Waals surface area contributed by atoms with E-state index < -0.39 is 0 Å². The predicted molar refractivity (Wildman–Crippen MR) is 85.9 cm³/mol. The van der Waals surface area contributed by atoms with Gasteiger partial charge in [-0.2, -0.15) is 0 Å². The number of rotatable bonds is 8. The summed E-state index contributed by atoms with van der Waals surface area (Å²) in [5, 5.41) is 3.61. The molecule has 0 amide bonds. The van der Waals surface area contributed by atoms with Gasteiger partial charge < -0.3 is 9.88 Å². The van der Waals surface area contributed by atoms with Crippen LogP contribution >= 0.6 is 0 Å². The standard InChI is InChI=1S/C17H27N3/c1-4-6-9-14(3)18-13-17-19-15-10-7-8-11-16(15)20(17)12-5-2/h7-8,10-11,14,18H,4-6,9,12-13H2,1-3H3. The van der Waals surface area contributed by atoms with Crippen LogP contribution in [0.3, 0.4) is 0 Å². The summed E-state index contributed by atoms with van der Waals surface area (Å²) < 4.78 is 2.36. The topological polar surface area (TPSA) is 29.9 Å². The van der Waals surface area contributed by atoms with Crippen molar-refractivity contribution in [3.63, 3.8) is 0 Å². The van der Waals surface area contributed by atoms with Crippen LogP contribution in [-0.2, 0) is 13.1 Å². The molecular formula is C17H27N3. The van der Waals surface area contributed by atoms with Gasteiger partial charge >= 0.3 is 0 Å². The molecule has 0 aliphatic carbocycles. The van der Waals surface area contributed by atoms with Gasteiger partial charge in [0.05, 0.1) is 17.6 Å². The molecule has 1 atom stereocenters. The molecule has 0 aliphatic heterocycles. The van der Waals surface area contributed by atoms with E-state index in [2.05, 4.69) is 54.9 Å². The molecule has 0 aliphatic rings. The molecule has 0 fully saturated rings. The van der Waals surface area contributed by atoms with Crippen LogP contribution in [0.1, 0.15) is 52.3 Å². The highest BCUT2D eigenvalue weighted by Gasteiger charge is 2.10. The average Bonchev–Trinajstić information content (AvgIpc) is 2.81. The molecule has 1 N–H and O–H groups in total. The first-order valence-electron chi connectivity index (χ1n) is 7.93. The molecule has 110 valence electrons. The fourth-order valence-electron chi connectivity index (χ4n) is 2.61. The molecule has 3 nitrogen and oxygen atoms in total. The number of fused-ring (bicyclic) bond motifs is 1. The number of hydrogen-bond acceptors (Lipinski definition) is 2. The molecule has 1 aromatic heterocycles. The van der Waals surface area contributed by atoms with E-state index in [1.165, 1.54) is 24.8 Å². The van der Waals surface area contributed by atoms with Crippen molar-refractivity contribution in [1.82, 2.24) is 14.9 Å². The van der Waals surface area contributed by atoms with Gasteiger partial charge in [-0.15, -0.1) is 0 Å². The monoisotopic (exact) mass is 273 g/mol. The van der Waals surface area contributed by atoms with Crippen LogP contribution in [-0.4, -0.2) is 15.6 Å². The van der Waals surface area contributed by atoms with Crippen molar-refractivity contribution < 1.29 is 0 Å². The number of nitrogens with one attached hydrogen (secondary N) is 1. The Morgan fingerprint density at radius 3 is 2.75 bits per heavy atom. The van der Waals surface area contributed by atoms with E-state index in [1.54, 1.807) is 0 Å². The average molecular weight is 273 g/mol. The van der Waals surface area contributed by atoms with Crippen LogP contribution in [0.2, 0.25) is 0 Å². The quantitative estimate of drug-likeness (QED) is 0.784. The lowest BCUT2D eigenvalue weighted by atomic mass is 10.1. The summed E-state index contributed by atoms with van der Waals surface area (Å²) in [5.74, 6) is 1.16. The Hall–Kier alpha value is -1.35. The molecule has 0 spiro atoms. The minimum Gasteiger partial charge on any atom is -0.327 e. The summed E-state index contributed by atoms with van der Waals surface area (Å²) in [7, 11) is 0. The number of nitrogens with zero attached hydrogens (tertiary/aromatic N) is 2. The Morgan fingerprint density at radius 1 is 1.20 bits per heavy atom. The SMILES string of the molecule is CCCCC(C)NCc1nc2ccccc2n1CCC. The van der Waals surface area contributed by atoms with Crippen LogP contribution in [0.25, 0.3) is 11.0 Å². The summed E-state index contributed by atoms with van der Waals surface area (Å²) in [6.07, 6.45) is 4.93. The lowest BCUT2D eigenvalue weighted by Gasteiger charge is -2.14. The molecule has 2 aromatic rings. The van der Waals surface area contributed by atoms with Crippen molar-refractivity contribution in [2.45, 2.75) is 65.6 Å². The predicted octanol–water partition coefficient (Wildman–Crippen LogP) is 4.11. The zero-order valence-corrected chi connectivity index (χ0v) is 13.0. The van der Waals surface area contributed by atoms with Gasteiger partial charge in [0.2, 0.25) is 0 Å². The van der Waals surface area contributed by atoms with Crippen molar-refractivity contribution in [1.29, 1.82) is 0 Å². The molecule has 1 unspecified atom stereocenters. The second-order valence-corrected chi connectivity index (χ2v) is 5.59. The van der Waals surface area contributed by atoms with E-state index >= 15 is 0 Å². The number of aromatic nitrogens is 2. The zero-order chi connectivity index (χ0) is 14.4. The number of imidazole rings is 1. The van der Waals surface area contributed by atoms with Crippen molar-refractivity contribution in [2.24, 2.45) is 0 Å². The molecule has 1 heterocycles. The van der Waals surface area contributed by atoms with Gasteiger partial charge in [0, 0.05) is 12.6 Å². The van der Waals surface area contributed by atoms with E-state index in [9.17, 15) is 0 Å². The third-order valence-corrected chi connectivity index (χ3v) is 3.78. The largest absolute Gasteiger partial charge is 0.327 e. The Kier molecular flexibility index (Phi) is 5.60. The number of aryl methyl sites for hydroxylation is 1. The van der Waals surface area contributed by atoms with E-state index in [4.69, 9.17) is 4.98 Å². The van der Waals surface area contributed by atoms with Gasteiger partial charge in [-0.25, -0.2) is 4.98 Å². The van der Waals surface area contributed by atoms with Crippen LogP contribution < -0.4 is 5.32 Å². The second kappa shape index (κ2) is 7.44. The van der Waals surface area contributed by atoms with Gasteiger partial charge in [0.1, 0.15) is 5.82 Å². The molecule has 3 heteroatoms. The summed E-state index contributed by atoms with van der Waals surface area (Å²) >= 11 is 0. The first kappa shape index (κ1) is 15.0. The lowest BCUT2D eigenvalue weighted by Crippen LogP contribution is -2.27. The highest BCUT2D eigenvalue weighted by atomic mass is 15.1. The van der Waals surface area contributed by atoms with Gasteiger partial charge in [0.15, 0.2) is 0 Å². The van der Waals surface area contributed by atoms with E-state index in [0.717, 1.165) is 30.9 Å². The molecule has 0 saturated carbocycles. The Labute approximate surface area is 122 Å². The number of para-hydroxylation sites is 2. The molecular weight excluding hydrogens is 246 g/mol. The number of benzene rings is 1. The smallest absolute Gasteiger partial charge is 0.123 e. The van der Waals surface area contributed by atoms with Gasteiger partial charge in [-0.1, -0.05) is 38.8 Å². The maximum atomic E-state index is 4.78. The van der Waals surface area contributed by atoms with Crippen LogP contribution in [0.5, 0.6) is 0 Å². The molecule has 0 bridgehead atoms. The maximum Gasteiger partial charge on any atom is 0.123 e. The Bertz CT molecular complexity index is 530. The Balaban J connectivity index is 2.10. The first-order valence-corrected chi connectivity index (χ1v) is 7.93. The maximum absolute atomic E-state index is 4.78. The normalized spacial score (nSPS) is 12.9. The summed E-state index contributed by atoms with van der Waals surface area (Å²) in [6.45, 7) is 8.63. The van der Waals surface area contributed by atoms with Crippen molar-refractivity contribution >= 4 is 11.0 Å². The van der Waals surface area contributed by atoms with Crippen LogP contribution in [0.15, 0.2) is 24.3 Å². The van der Waals surface area contributed by atoms with Gasteiger partial charge in [-0.3, -0.25) is 0 Å². The van der Waals surface area contributed by atoms with Gasteiger partial charge in [-0.05, 0) is 31.9 Å². The summed E-state index contributed by atoms with van der Waals surface area (Å²) in [5.41, 5.74) is 2.37. The van der Waals surface area contributed by atoms with E-state index in [0.29, 0.717) is 6.04 Å². The Morgan fingerprint density at radius 2 is 2.00 bits per heavy atom. The molecule has 0 radical (unpaired) electrons. The van der Waals surface area contributed by atoms with Crippen LogP contribution in [0.4, 0.5) is 0 Å². The summed E-state index contributed by atoms with van der Waals surface area (Å²) in [6, 6.07) is 8.99. The van der Waals surface area contributed by atoms with Crippen LogP contribution in [0, 0.1) is 0 Å².